The highest BCUT2D eigenvalue weighted by atomic mass is 79.9. The molecule has 4 amide bonds. The molecule has 0 fully saturated rings. The lowest BCUT2D eigenvalue weighted by Crippen LogP contribution is -2.50. The largest absolute Gasteiger partial charge is 0.472 e. The van der Waals surface area contributed by atoms with Crippen LogP contribution < -0.4 is 9.47 Å². The number of nitrogens with zero attached hydrogens (tertiary/aromatic N) is 6. The molecule has 78 heavy (non-hydrogen) atoms. The Hall–Kier alpha value is -6.82. The van der Waals surface area contributed by atoms with Crippen LogP contribution >= 0.6 is 31.9 Å². The molecule has 0 bridgehead atoms. The Balaban J connectivity index is 0.000000190. The van der Waals surface area contributed by atoms with E-state index in [0.717, 1.165) is 17.5 Å². The zero-order valence-corrected chi connectivity index (χ0v) is 48.1. The smallest absolute Gasteiger partial charge is 0.409 e. The Kier molecular flexibility index (Phi) is 17.5. The maximum absolute atomic E-state index is 13.4. The number of benzene rings is 4. The van der Waals surface area contributed by atoms with E-state index in [2.05, 4.69) is 104 Å². The third-order valence-corrected chi connectivity index (χ3v) is 16.4. The second-order valence-electron chi connectivity index (χ2n) is 20.9. The summed E-state index contributed by atoms with van der Waals surface area (Å²) >= 11 is 6.81. The Bertz CT molecular complexity index is 2880. The van der Waals surface area contributed by atoms with E-state index >= 15 is 0 Å². The van der Waals surface area contributed by atoms with Gasteiger partial charge in [0.1, 0.15) is 36.5 Å². The summed E-state index contributed by atoms with van der Waals surface area (Å²) in [5.74, 6) is -0.0733. The van der Waals surface area contributed by atoms with Gasteiger partial charge in [-0.05, 0) is 109 Å². The summed E-state index contributed by atoms with van der Waals surface area (Å²) < 4.78 is 25.6. The van der Waals surface area contributed by atoms with Crippen molar-refractivity contribution in [3.05, 3.63) is 164 Å². The third kappa shape index (κ3) is 11.8. The van der Waals surface area contributed by atoms with E-state index in [4.69, 9.17) is 18.9 Å². The maximum atomic E-state index is 13.4. The Morgan fingerprint density at radius 2 is 0.962 bits per heavy atom. The minimum Gasteiger partial charge on any atom is -0.472 e. The molecular weight excluding hydrogens is 1120 g/mol. The van der Waals surface area contributed by atoms with Crippen molar-refractivity contribution in [1.82, 2.24) is 29.6 Å². The highest BCUT2D eigenvalue weighted by molar-refractivity contribution is 9.10. The molecule has 2 aromatic heterocycles. The van der Waals surface area contributed by atoms with Crippen LogP contribution in [0.4, 0.5) is 9.59 Å². The number of ether oxygens (including phenoxy) is 4. The average Bonchev–Trinajstić information content (AvgIpc) is 3.96. The van der Waals surface area contributed by atoms with Crippen molar-refractivity contribution in [3.63, 3.8) is 0 Å². The van der Waals surface area contributed by atoms with Gasteiger partial charge in [0, 0.05) is 78.2 Å². The Morgan fingerprint density at radius 1 is 0.615 bits per heavy atom. The van der Waals surface area contributed by atoms with E-state index in [1.165, 1.54) is 38.3 Å². The van der Waals surface area contributed by atoms with E-state index in [1.54, 1.807) is 55.3 Å². The zero-order valence-electron chi connectivity index (χ0n) is 45.0. The first-order valence-electron chi connectivity index (χ1n) is 26.6. The molecule has 0 saturated carbocycles. The van der Waals surface area contributed by atoms with E-state index < -0.39 is 18.3 Å². The number of aliphatic hydroxyl groups excluding tert-OH is 1. The van der Waals surface area contributed by atoms with Crippen LogP contribution in [0.15, 0.2) is 131 Å². The van der Waals surface area contributed by atoms with Gasteiger partial charge in [0.2, 0.25) is 11.8 Å². The maximum Gasteiger partial charge on any atom is 0.409 e. The second-order valence-corrected chi connectivity index (χ2v) is 22.7. The molecule has 6 unspecified atom stereocenters. The number of halogens is 2. The first kappa shape index (κ1) is 55.9. The summed E-state index contributed by atoms with van der Waals surface area (Å²) in [5, 5.41) is 9.79. The molecule has 6 atom stereocenters. The SMILES string of the molecule is CC1CN(C(C)CO)C(=O)c2cc(Br)cnc2OC1CN(C)C(=O)OCC1c2ccccc2-c2ccccc21.CCC(C)N1CC(C)C(CN(C)C(=O)OCC2c3ccccc3-c3ccccc32)Oc2ncc(Br)cc2C1=O. The first-order chi connectivity index (χ1) is 37.6. The number of rotatable bonds is 12. The van der Waals surface area contributed by atoms with Crippen LogP contribution in [0.2, 0.25) is 0 Å². The number of likely N-dealkylation sites (N-methyl/N-ethyl adjacent to an activating group) is 2. The summed E-state index contributed by atoms with van der Waals surface area (Å²) in [5.41, 5.74) is 10.1. The molecule has 17 heteroatoms. The van der Waals surface area contributed by atoms with Gasteiger partial charge in [-0.15, -0.1) is 0 Å². The number of aliphatic hydroxyl groups is 1. The highest BCUT2D eigenvalue weighted by Gasteiger charge is 2.38. The molecule has 1 N–H and O–H groups in total. The molecule has 6 aromatic rings. The monoisotopic (exact) mass is 1180 g/mol. The summed E-state index contributed by atoms with van der Waals surface area (Å²) in [7, 11) is 3.41. The number of carbonyl (C=O) groups excluding carboxylic acids is 4. The molecule has 10 rings (SSSR count). The average molecular weight is 1190 g/mol. The molecule has 0 saturated heterocycles. The standard InChI is InChI=1S/C31H34BrN3O4.C30H32BrN3O5/c1-5-20(3)35-16-19(2)28(39-29-26(30(35)36)14-21(32)15-33-29)17-34(4)31(37)38-18-27-24-12-8-6-10-22(24)23-11-7-9-13-25(23)27;1-18-14-34(19(2)16-35)29(36)25-12-20(31)13-32-28(25)39-27(18)15-33(3)30(37)38-17-26-23-10-6-4-8-21(23)22-9-5-7-11-24(22)26/h6-15,19-20,27-28H,5,16-18H2,1-4H3;4-13,18-19,26-27,35H,14-17H2,1-3H3. The molecule has 0 radical (unpaired) electrons. The summed E-state index contributed by atoms with van der Waals surface area (Å²) in [6.07, 6.45) is 2.35. The van der Waals surface area contributed by atoms with E-state index in [-0.39, 0.29) is 91.8 Å². The summed E-state index contributed by atoms with van der Waals surface area (Å²) in [6.45, 7) is 11.7. The lowest BCUT2D eigenvalue weighted by atomic mass is 9.98. The minimum absolute atomic E-state index is 0.00376. The third-order valence-electron chi connectivity index (χ3n) is 15.5. The van der Waals surface area contributed by atoms with Crippen molar-refractivity contribution in [2.45, 2.75) is 77.2 Å². The predicted octanol–water partition coefficient (Wildman–Crippen LogP) is 11.3. The van der Waals surface area contributed by atoms with Crippen molar-refractivity contribution >= 4 is 55.9 Å². The predicted molar refractivity (Wildman–Crippen MR) is 305 cm³/mol. The van der Waals surface area contributed by atoms with E-state index in [9.17, 15) is 24.3 Å². The van der Waals surface area contributed by atoms with Gasteiger partial charge in [-0.25, -0.2) is 19.6 Å². The second kappa shape index (κ2) is 24.5. The van der Waals surface area contributed by atoms with Crippen LogP contribution in [0, 0.1) is 11.8 Å². The van der Waals surface area contributed by atoms with Crippen LogP contribution in [0.5, 0.6) is 11.8 Å². The number of aromatic nitrogens is 2. The molecular formula is C61H66Br2N6O9. The van der Waals surface area contributed by atoms with Crippen LogP contribution in [0.3, 0.4) is 0 Å². The normalized spacial score (nSPS) is 19.2. The van der Waals surface area contributed by atoms with Gasteiger partial charge >= 0.3 is 12.2 Å². The van der Waals surface area contributed by atoms with Gasteiger partial charge in [-0.1, -0.05) is 118 Å². The summed E-state index contributed by atoms with van der Waals surface area (Å²) in [4.78, 5) is 68.4. The lowest BCUT2D eigenvalue weighted by molar-refractivity contribution is 0.0305. The highest BCUT2D eigenvalue weighted by Crippen LogP contribution is 2.46. The van der Waals surface area contributed by atoms with Gasteiger partial charge < -0.3 is 43.7 Å². The molecule has 4 heterocycles. The van der Waals surface area contributed by atoms with Gasteiger partial charge in [0.05, 0.1) is 25.7 Å². The minimum atomic E-state index is -0.454. The number of pyridine rings is 2. The Morgan fingerprint density at radius 3 is 1.31 bits per heavy atom. The fourth-order valence-electron chi connectivity index (χ4n) is 10.8. The topological polar surface area (TPSA) is 164 Å². The number of hydrogen-bond acceptors (Lipinski definition) is 11. The van der Waals surface area contributed by atoms with Crippen molar-refractivity contribution in [1.29, 1.82) is 0 Å². The number of hydrogen-bond donors (Lipinski definition) is 1. The molecule has 2 aliphatic heterocycles. The van der Waals surface area contributed by atoms with Gasteiger partial charge in [-0.2, -0.15) is 0 Å². The van der Waals surface area contributed by atoms with Crippen LogP contribution in [-0.2, 0) is 9.47 Å². The fourth-order valence-corrected chi connectivity index (χ4v) is 11.5. The molecule has 2 aliphatic carbocycles. The number of amides is 4. The molecule has 15 nitrogen and oxygen atoms in total. The zero-order chi connectivity index (χ0) is 55.4. The van der Waals surface area contributed by atoms with Crippen molar-refractivity contribution in [2.24, 2.45) is 11.8 Å². The van der Waals surface area contributed by atoms with Crippen molar-refractivity contribution in [3.8, 4) is 34.0 Å². The lowest BCUT2D eigenvalue weighted by Gasteiger charge is -2.37. The molecule has 4 aromatic carbocycles. The van der Waals surface area contributed by atoms with Crippen LogP contribution in [0.25, 0.3) is 22.3 Å². The Labute approximate surface area is 473 Å². The van der Waals surface area contributed by atoms with Crippen molar-refractivity contribution < 1.29 is 43.2 Å². The molecule has 4 aliphatic rings. The van der Waals surface area contributed by atoms with Gasteiger partial charge in [0.25, 0.3) is 11.8 Å². The van der Waals surface area contributed by atoms with Crippen LogP contribution in [-0.4, -0.2) is 143 Å². The number of fused-ring (bicyclic) bond motifs is 8. The molecule has 0 spiro atoms. The van der Waals surface area contributed by atoms with Gasteiger partial charge in [-0.3, -0.25) is 9.59 Å². The quantitative estimate of drug-likeness (QED) is 0.124. The van der Waals surface area contributed by atoms with Crippen molar-refractivity contribution in [2.75, 3.05) is 60.1 Å². The first-order valence-corrected chi connectivity index (χ1v) is 28.1. The fraction of sp³-hybridized carbons (Fsp3) is 0.377. The van der Waals surface area contributed by atoms with E-state index in [0.29, 0.717) is 39.7 Å². The van der Waals surface area contributed by atoms with E-state index in [1.807, 2.05) is 67.3 Å². The summed E-state index contributed by atoms with van der Waals surface area (Å²) in [6, 6.07) is 36.1. The van der Waals surface area contributed by atoms with Gasteiger partial charge in [0.15, 0.2) is 0 Å². The molecule has 408 valence electrons. The van der Waals surface area contributed by atoms with Crippen LogP contribution in [0.1, 0.15) is 95.8 Å². The number of carbonyl (C=O) groups is 4.